The molecular weight excluding hydrogens is 281 g/mol. The van der Waals surface area contributed by atoms with E-state index >= 15 is 0 Å². The first-order chi connectivity index (χ1) is 8.88. The van der Waals surface area contributed by atoms with Crippen LogP contribution < -0.4 is 4.90 Å². The molecule has 0 aliphatic carbocycles. The molecule has 1 aliphatic heterocycles. The molecule has 1 aromatic rings. The second-order valence-corrected chi connectivity index (χ2v) is 4.69. The third kappa shape index (κ3) is 3.32. The van der Waals surface area contributed by atoms with E-state index in [-0.39, 0.29) is 13.1 Å². The molecule has 0 bridgehead atoms. The van der Waals surface area contributed by atoms with Gasteiger partial charge in [-0.25, -0.2) is 0 Å². The lowest BCUT2D eigenvalue weighted by atomic mass is 10.2. The van der Waals surface area contributed by atoms with Crippen LogP contribution in [0.3, 0.4) is 0 Å². The lowest BCUT2D eigenvalue weighted by molar-refractivity contribution is -0.185. The highest BCUT2D eigenvalue weighted by Gasteiger charge is 2.43. The average molecular weight is 293 g/mol. The Balaban J connectivity index is 1.96. The second kappa shape index (κ2) is 5.28. The standard InChI is InChI=1S/C12H12ClF3N2O/c13-9-1-3-10(4-2-9)17-5-7-18(8-6-17)11(19)12(14,15)16/h1-4H,5-8H2. The quantitative estimate of drug-likeness (QED) is 0.794. The van der Waals surface area contributed by atoms with Crippen molar-refractivity contribution in [3.63, 3.8) is 0 Å². The van der Waals surface area contributed by atoms with Crippen LogP contribution in [0.5, 0.6) is 0 Å². The summed E-state index contributed by atoms with van der Waals surface area (Å²) in [7, 11) is 0. The molecule has 0 atom stereocenters. The fraction of sp³-hybridized carbons (Fsp3) is 0.417. The summed E-state index contributed by atoms with van der Waals surface area (Å²) in [6.45, 7) is 0.898. The molecular formula is C12H12ClF3N2O. The zero-order valence-electron chi connectivity index (χ0n) is 9.95. The number of carbonyl (C=O) groups is 1. The molecule has 1 aliphatic rings. The van der Waals surface area contributed by atoms with Crippen molar-refractivity contribution < 1.29 is 18.0 Å². The molecule has 1 heterocycles. The van der Waals surface area contributed by atoms with Gasteiger partial charge in [-0.3, -0.25) is 4.79 Å². The number of alkyl halides is 3. The molecule has 0 N–H and O–H groups in total. The van der Waals surface area contributed by atoms with Crippen LogP contribution in [0.4, 0.5) is 18.9 Å². The van der Waals surface area contributed by atoms with E-state index in [0.717, 1.165) is 10.6 Å². The van der Waals surface area contributed by atoms with E-state index < -0.39 is 12.1 Å². The first-order valence-electron chi connectivity index (χ1n) is 5.74. The number of amides is 1. The molecule has 2 rings (SSSR count). The highest BCUT2D eigenvalue weighted by Crippen LogP contribution is 2.22. The summed E-state index contributed by atoms with van der Waals surface area (Å²) in [5, 5.41) is 0.606. The van der Waals surface area contributed by atoms with Crippen LogP contribution in [0.25, 0.3) is 0 Å². The van der Waals surface area contributed by atoms with E-state index in [4.69, 9.17) is 11.6 Å². The molecule has 7 heteroatoms. The molecule has 1 amide bonds. The van der Waals surface area contributed by atoms with Gasteiger partial charge in [0.15, 0.2) is 0 Å². The number of hydrogen-bond donors (Lipinski definition) is 0. The molecule has 1 saturated heterocycles. The molecule has 0 radical (unpaired) electrons. The normalized spacial score (nSPS) is 16.6. The van der Waals surface area contributed by atoms with Crippen molar-refractivity contribution in [3.8, 4) is 0 Å². The third-order valence-corrected chi connectivity index (χ3v) is 3.25. The Morgan fingerprint density at radius 3 is 2.05 bits per heavy atom. The van der Waals surface area contributed by atoms with Gasteiger partial charge < -0.3 is 9.80 Å². The highest BCUT2D eigenvalue weighted by molar-refractivity contribution is 6.30. The lowest BCUT2D eigenvalue weighted by Gasteiger charge is -2.36. The number of halogens is 4. The maximum atomic E-state index is 12.3. The lowest BCUT2D eigenvalue weighted by Crippen LogP contribution is -2.52. The minimum absolute atomic E-state index is 0.0704. The van der Waals surface area contributed by atoms with Gasteiger partial charge in [0.25, 0.3) is 0 Å². The summed E-state index contributed by atoms with van der Waals surface area (Å²) in [6.07, 6.45) is -4.79. The minimum atomic E-state index is -4.79. The van der Waals surface area contributed by atoms with E-state index in [0.29, 0.717) is 18.1 Å². The van der Waals surface area contributed by atoms with E-state index in [1.165, 1.54) is 0 Å². The van der Waals surface area contributed by atoms with E-state index in [1.807, 2.05) is 17.0 Å². The van der Waals surface area contributed by atoms with Gasteiger partial charge >= 0.3 is 12.1 Å². The number of carbonyl (C=O) groups excluding carboxylic acids is 1. The molecule has 0 unspecified atom stereocenters. The number of rotatable bonds is 1. The van der Waals surface area contributed by atoms with Crippen molar-refractivity contribution in [1.82, 2.24) is 4.90 Å². The number of anilines is 1. The van der Waals surface area contributed by atoms with E-state index in [2.05, 4.69) is 0 Å². The Hall–Kier alpha value is -1.43. The summed E-state index contributed by atoms with van der Waals surface area (Å²) in [5.74, 6) is -1.76. The van der Waals surface area contributed by atoms with Crippen molar-refractivity contribution in [2.45, 2.75) is 6.18 Å². The summed E-state index contributed by atoms with van der Waals surface area (Å²) in [4.78, 5) is 13.8. The van der Waals surface area contributed by atoms with E-state index in [9.17, 15) is 18.0 Å². The maximum absolute atomic E-state index is 12.3. The van der Waals surface area contributed by atoms with Crippen LogP contribution in [-0.4, -0.2) is 43.2 Å². The number of benzene rings is 1. The van der Waals surface area contributed by atoms with Crippen molar-refractivity contribution in [2.24, 2.45) is 0 Å². The Kier molecular flexibility index (Phi) is 3.89. The Morgan fingerprint density at radius 2 is 1.58 bits per heavy atom. The van der Waals surface area contributed by atoms with Gasteiger partial charge in [-0.2, -0.15) is 13.2 Å². The first kappa shape index (κ1) is 14.0. The first-order valence-corrected chi connectivity index (χ1v) is 6.12. The Morgan fingerprint density at radius 1 is 1.05 bits per heavy atom. The summed E-state index contributed by atoms with van der Waals surface area (Å²) >= 11 is 5.77. The average Bonchev–Trinajstić information content (AvgIpc) is 2.38. The van der Waals surface area contributed by atoms with Crippen molar-refractivity contribution >= 4 is 23.2 Å². The topological polar surface area (TPSA) is 23.6 Å². The summed E-state index contributed by atoms with van der Waals surface area (Å²) in [6, 6.07) is 7.07. The van der Waals surface area contributed by atoms with Crippen LogP contribution >= 0.6 is 11.6 Å². The highest BCUT2D eigenvalue weighted by atomic mass is 35.5. The molecule has 19 heavy (non-hydrogen) atoms. The van der Waals surface area contributed by atoms with Crippen molar-refractivity contribution in [3.05, 3.63) is 29.3 Å². The molecule has 0 saturated carbocycles. The van der Waals surface area contributed by atoms with Gasteiger partial charge in [0.2, 0.25) is 0 Å². The molecule has 0 spiro atoms. The number of hydrogen-bond acceptors (Lipinski definition) is 2. The third-order valence-electron chi connectivity index (χ3n) is 3.00. The van der Waals surface area contributed by atoms with Gasteiger partial charge in [-0.1, -0.05) is 11.6 Å². The SMILES string of the molecule is O=C(N1CCN(c2ccc(Cl)cc2)CC1)C(F)(F)F. The van der Waals surface area contributed by atoms with Gasteiger partial charge in [-0.05, 0) is 24.3 Å². The Labute approximate surface area is 113 Å². The van der Waals surface area contributed by atoms with Crippen LogP contribution in [0.2, 0.25) is 5.02 Å². The zero-order valence-corrected chi connectivity index (χ0v) is 10.7. The van der Waals surface area contributed by atoms with Gasteiger partial charge in [0.1, 0.15) is 0 Å². The van der Waals surface area contributed by atoms with Crippen LogP contribution in [0, 0.1) is 0 Å². The second-order valence-electron chi connectivity index (χ2n) is 4.25. The summed E-state index contributed by atoms with van der Waals surface area (Å²) < 4.78 is 36.8. The molecule has 104 valence electrons. The minimum Gasteiger partial charge on any atom is -0.368 e. The predicted octanol–water partition coefficient (Wildman–Crippen LogP) is 2.55. The maximum Gasteiger partial charge on any atom is 0.471 e. The summed E-state index contributed by atoms with van der Waals surface area (Å²) in [5.41, 5.74) is 0.892. The van der Waals surface area contributed by atoms with Crippen LogP contribution in [0.15, 0.2) is 24.3 Å². The number of piperazine rings is 1. The van der Waals surface area contributed by atoms with E-state index in [1.54, 1.807) is 12.1 Å². The molecule has 0 aromatic heterocycles. The molecule has 3 nitrogen and oxygen atoms in total. The molecule has 1 aromatic carbocycles. The fourth-order valence-corrected chi connectivity index (χ4v) is 2.12. The Bertz CT molecular complexity index is 453. The van der Waals surface area contributed by atoms with Crippen LogP contribution in [0.1, 0.15) is 0 Å². The van der Waals surface area contributed by atoms with Crippen LogP contribution in [-0.2, 0) is 4.79 Å². The monoisotopic (exact) mass is 292 g/mol. The number of nitrogens with zero attached hydrogens (tertiary/aromatic N) is 2. The van der Waals surface area contributed by atoms with Gasteiger partial charge in [-0.15, -0.1) is 0 Å². The molecule has 1 fully saturated rings. The largest absolute Gasteiger partial charge is 0.471 e. The van der Waals surface area contributed by atoms with Crippen molar-refractivity contribution in [2.75, 3.05) is 31.1 Å². The zero-order chi connectivity index (χ0) is 14.0. The smallest absolute Gasteiger partial charge is 0.368 e. The van der Waals surface area contributed by atoms with Gasteiger partial charge in [0.05, 0.1) is 0 Å². The fourth-order valence-electron chi connectivity index (χ4n) is 2.00. The van der Waals surface area contributed by atoms with Gasteiger partial charge in [0, 0.05) is 36.9 Å². The predicted molar refractivity (Wildman–Crippen MR) is 66.3 cm³/mol. The van der Waals surface area contributed by atoms with Crippen molar-refractivity contribution in [1.29, 1.82) is 0 Å².